The molecule has 1 amide bonds. The normalized spacial score (nSPS) is 14.3. The minimum atomic E-state index is -1.18. The van der Waals surface area contributed by atoms with Crippen molar-refractivity contribution in [3.05, 3.63) is 57.7 Å². The minimum Gasteiger partial charge on any atom is -0.508 e. The zero-order valence-corrected chi connectivity index (χ0v) is 18.6. The van der Waals surface area contributed by atoms with Gasteiger partial charge in [0.15, 0.2) is 17.6 Å². The van der Waals surface area contributed by atoms with E-state index >= 15 is 0 Å². The first-order chi connectivity index (χ1) is 14.9. The maximum Gasteiger partial charge on any atom is 0.412 e. The monoisotopic (exact) mass is 541 g/mol. The molecule has 3 N–H and O–H groups in total. The van der Waals surface area contributed by atoms with Crippen LogP contribution in [0.15, 0.2) is 48.6 Å². The van der Waals surface area contributed by atoms with Crippen LogP contribution >= 0.6 is 22.6 Å². The van der Waals surface area contributed by atoms with Crippen molar-refractivity contribution in [2.45, 2.75) is 19.1 Å². The number of phenolic OH excluding ortho intramolecular Hbond substituents is 1. The molecule has 0 saturated heterocycles. The number of hydrogen-bond donors (Lipinski definition) is 3. The summed E-state index contributed by atoms with van der Waals surface area (Å²) in [4.78, 5) is 23.7. The fourth-order valence-electron chi connectivity index (χ4n) is 2.91. The molecule has 0 aliphatic carbocycles. The third-order valence-corrected chi connectivity index (χ3v) is 4.91. The molecule has 1 heterocycles. The van der Waals surface area contributed by atoms with Crippen LogP contribution in [0.25, 0.3) is 0 Å². The van der Waals surface area contributed by atoms with Crippen molar-refractivity contribution < 1.29 is 38.7 Å². The summed E-state index contributed by atoms with van der Waals surface area (Å²) in [6.45, 7) is 2.05. The van der Waals surface area contributed by atoms with Gasteiger partial charge in [-0.3, -0.25) is 5.32 Å². The number of aromatic hydroxyl groups is 1. The van der Waals surface area contributed by atoms with Gasteiger partial charge in [0.25, 0.3) is 0 Å². The lowest BCUT2D eigenvalue weighted by molar-refractivity contribution is -0.131. The van der Waals surface area contributed by atoms with Crippen LogP contribution in [-0.2, 0) is 14.3 Å². The summed E-state index contributed by atoms with van der Waals surface area (Å²) in [5.74, 6) is -0.244. The van der Waals surface area contributed by atoms with E-state index in [9.17, 15) is 14.7 Å². The number of carboxylic acid groups (broad SMARTS) is 1. The first kappa shape index (κ1) is 22.7. The molecule has 0 aromatic heterocycles. The number of ether oxygens (including phenoxy) is 4. The molecule has 0 unspecified atom stereocenters. The molecule has 2 atom stereocenters. The number of hydrogen-bond acceptors (Lipinski definition) is 7. The lowest BCUT2D eigenvalue weighted by Gasteiger charge is -2.26. The number of aliphatic carboxylic acids is 1. The van der Waals surface area contributed by atoms with Crippen LogP contribution in [0.1, 0.15) is 18.6 Å². The van der Waals surface area contributed by atoms with Crippen LogP contribution in [0, 0.1) is 3.57 Å². The second kappa shape index (κ2) is 10.4. The lowest BCUT2D eigenvalue weighted by Crippen LogP contribution is -2.28. The first-order valence-electron chi connectivity index (χ1n) is 9.25. The number of carbonyl (C=O) groups excluding carboxylic acids is 1. The van der Waals surface area contributed by atoms with Crippen LogP contribution in [0.4, 0.5) is 10.5 Å². The highest BCUT2D eigenvalue weighted by Gasteiger charge is 2.29. The molecule has 10 heteroatoms. The first-order valence-corrected chi connectivity index (χ1v) is 10.3. The Bertz CT molecular complexity index is 993. The van der Waals surface area contributed by atoms with Crippen LogP contribution < -0.4 is 14.8 Å². The Kier molecular flexibility index (Phi) is 7.58. The highest BCUT2D eigenvalue weighted by molar-refractivity contribution is 14.1. The van der Waals surface area contributed by atoms with E-state index in [4.69, 9.17) is 24.1 Å². The highest BCUT2D eigenvalue weighted by atomic mass is 127. The number of nitrogens with one attached hydrogen (secondary N) is 1. The average molecular weight is 541 g/mol. The molecule has 9 nitrogen and oxygen atoms in total. The van der Waals surface area contributed by atoms with Crippen molar-refractivity contribution in [1.29, 1.82) is 0 Å². The van der Waals surface area contributed by atoms with Gasteiger partial charge in [-0.2, -0.15) is 0 Å². The number of anilines is 1. The van der Waals surface area contributed by atoms with Gasteiger partial charge in [-0.15, -0.1) is 0 Å². The van der Waals surface area contributed by atoms with E-state index in [0.717, 1.165) is 9.65 Å². The van der Waals surface area contributed by atoms with E-state index in [0.29, 0.717) is 17.2 Å². The fourth-order valence-corrected chi connectivity index (χ4v) is 3.43. The molecule has 31 heavy (non-hydrogen) atoms. The second-order valence-corrected chi connectivity index (χ2v) is 7.59. The maximum atomic E-state index is 12.7. The summed E-state index contributed by atoms with van der Waals surface area (Å²) < 4.78 is 22.5. The van der Waals surface area contributed by atoms with Crippen LogP contribution in [0.3, 0.4) is 0 Å². The Morgan fingerprint density at radius 3 is 2.74 bits per heavy atom. The SMILES string of the molecule is CCO[C@@H](/C=C/C(=O)O)[C@@H](OC(=O)Nc1ccc2c(c1)OCO2)c1cc(I)ccc1O. The van der Waals surface area contributed by atoms with E-state index in [1.165, 1.54) is 12.1 Å². The summed E-state index contributed by atoms with van der Waals surface area (Å²) >= 11 is 2.06. The van der Waals surface area contributed by atoms with E-state index in [1.807, 2.05) is 0 Å². The van der Waals surface area contributed by atoms with Gasteiger partial charge >= 0.3 is 12.1 Å². The largest absolute Gasteiger partial charge is 0.508 e. The van der Waals surface area contributed by atoms with E-state index in [2.05, 4.69) is 27.9 Å². The molecule has 0 fully saturated rings. The number of phenols is 1. The predicted molar refractivity (Wildman–Crippen MR) is 118 cm³/mol. The third kappa shape index (κ3) is 6.01. The van der Waals surface area contributed by atoms with Crippen LogP contribution in [0.2, 0.25) is 0 Å². The van der Waals surface area contributed by atoms with Gasteiger partial charge in [-0.05, 0) is 65.9 Å². The smallest absolute Gasteiger partial charge is 0.412 e. The van der Waals surface area contributed by atoms with E-state index in [1.54, 1.807) is 37.3 Å². The second-order valence-electron chi connectivity index (χ2n) is 6.34. The number of halogens is 1. The molecule has 1 aliphatic heterocycles. The van der Waals surface area contributed by atoms with E-state index < -0.39 is 24.3 Å². The molecule has 1 aliphatic rings. The number of rotatable bonds is 8. The Labute approximate surface area is 191 Å². The molecule has 0 radical (unpaired) electrons. The van der Waals surface area contributed by atoms with Gasteiger partial charge < -0.3 is 29.2 Å². The summed E-state index contributed by atoms with van der Waals surface area (Å²) in [5, 5.41) is 22.0. The van der Waals surface area contributed by atoms with Gasteiger partial charge in [0.05, 0.1) is 0 Å². The summed E-state index contributed by atoms with van der Waals surface area (Å²) in [6.07, 6.45) is -0.719. The van der Waals surface area contributed by atoms with Gasteiger partial charge in [0, 0.05) is 33.6 Å². The Morgan fingerprint density at radius 1 is 1.23 bits per heavy atom. The molecule has 0 spiro atoms. The quantitative estimate of drug-likeness (QED) is 0.338. The molecular formula is C21H20INO8. The van der Waals surface area contributed by atoms with Gasteiger partial charge in [-0.1, -0.05) is 0 Å². The zero-order chi connectivity index (χ0) is 22.4. The number of carbonyl (C=O) groups is 2. The lowest BCUT2D eigenvalue weighted by atomic mass is 10.0. The topological polar surface area (TPSA) is 124 Å². The molecule has 2 aromatic carbocycles. The van der Waals surface area contributed by atoms with E-state index in [-0.39, 0.29) is 24.7 Å². The number of fused-ring (bicyclic) bond motifs is 1. The van der Waals surface area contributed by atoms with Crippen LogP contribution in [0.5, 0.6) is 17.2 Å². The Morgan fingerprint density at radius 2 is 2.00 bits per heavy atom. The van der Waals surface area contributed by atoms with Crippen molar-refractivity contribution in [2.75, 3.05) is 18.7 Å². The third-order valence-electron chi connectivity index (χ3n) is 4.24. The molecule has 0 bridgehead atoms. The van der Waals surface area contributed by atoms with Crippen molar-refractivity contribution >= 4 is 40.3 Å². The fraction of sp³-hybridized carbons (Fsp3) is 0.238. The number of benzene rings is 2. The predicted octanol–water partition coefficient (Wildman–Crippen LogP) is 4.06. The highest BCUT2D eigenvalue weighted by Crippen LogP contribution is 2.35. The van der Waals surface area contributed by atoms with Gasteiger partial charge in [0.2, 0.25) is 6.79 Å². The van der Waals surface area contributed by atoms with Gasteiger partial charge in [0.1, 0.15) is 11.9 Å². The average Bonchev–Trinajstić information content (AvgIpc) is 3.19. The molecular weight excluding hydrogens is 521 g/mol. The minimum absolute atomic E-state index is 0.100. The Balaban J connectivity index is 1.86. The number of carboxylic acids is 1. The summed E-state index contributed by atoms with van der Waals surface area (Å²) in [7, 11) is 0. The van der Waals surface area contributed by atoms with Crippen molar-refractivity contribution in [2.24, 2.45) is 0 Å². The molecule has 3 rings (SSSR count). The van der Waals surface area contributed by atoms with Crippen molar-refractivity contribution in [1.82, 2.24) is 0 Å². The number of amides is 1. The standard InChI is InChI=1S/C21H20INO8/c1-2-28-17(7-8-19(25)26)20(14-9-12(22)3-5-15(14)24)31-21(27)23-13-4-6-16-18(10-13)30-11-29-16/h3-10,17,20,24H,2,11H2,1H3,(H,23,27)(H,25,26)/b8-7+/t17-,20-/m0/s1. The molecule has 2 aromatic rings. The summed E-state index contributed by atoms with van der Waals surface area (Å²) in [5.41, 5.74) is 0.690. The van der Waals surface area contributed by atoms with Crippen molar-refractivity contribution in [3.63, 3.8) is 0 Å². The maximum absolute atomic E-state index is 12.7. The molecule has 164 valence electrons. The Hall–Kier alpha value is -2.99. The zero-order valence-electron chi connectivity index (χ0n) is 16.4. The molecule has 0 saturated carbocycles. The van der Waals surface area contributed by atoms with Crippen LogP contribution in [-0.4, -0.2) is 41.8 Å². The van der Waals surface area contributed by atoms with Gasteiger partial charge in [-0.25, -0.2) is 9.59 Å². The summed E-state index contributed by atoms with van der Waals surface area (Å²) in [6, 6.07) is 9.65. The van der Waals surface area contributed by atoms with Crippen molar-refractivity contribution in [3.8, 4) is 17.2 Å².